The number of unbranched alkanes of at least 4 members (excludes halogenated alkanes) is 30. The van der Waals surface area contributed by atoms with E-state index in [1.165, 1.54) is 193 Å². The number of rotatable bonds is 36. The summed E-state index contributed by atoms with van der Waals surface area (Å²) >= 11 is 9.54. The summed E-state index contributed by atoms with van der Waals surface area (Å²) in [6.07, 6.45) is 47.9. The van der Waals surface area contributed by atoms with E-state index in [0.29, 0.717) is 0 Å². The molecule has 2 unspecified atom stereocenters. The van der Waals surface area contributed by atoms with Gasteiger partial charge in [0.25, 0.3) is 0 Å². The quantitative estimate of drug-likeness (QED) is 0.0271. The molecule has 5 nitrogen and oxygen atoms in total. The molecule has 0 N–H and O–H groups in total. The summed E-state index contributed by atoms with van der Waals surface area (Å²) in [7, 11) is -6.47. The fourth-order valence-corrected chi connectivity index (χ4v) is 9.78. The predicted octanol–water partition coefficient (Wildman–Crippen LogP) is 14.5. The van der Waals surface area contributed by atoms with Gasteiger partial charge >= 0.3 is 188 Å². The molecular formula is C37H76Cl2O5P2Sn+2. The minimum absolute atomic E-state index is 0.00985. The Labute approximate surface area is 315 Å². The van der Waals surface area contributed by atoms with Crippen LogP contribution in [0, 0.1) is 0 Å². The zero-order valence-electron chi connectivity index (χ0n) is 30.9. The minimum Gasteiger partial charge on any atom is -0.563 e. The first kappa shape index (κ1) is 52.8. The van der Waals surface area contributed by atoms with Crippen molar-refractivity contribution in [3.05, 3.63) is 0 Å². The van der Waals surface area contributed by atoms with Crippen LogP contribution in [0.3, 0.4) is 0 Å². The molecule has 0 saturated heterocycles. The Hall–Kier alpha value is 1.46. The van der Waals surface area contributed by atoms with E-state index in [4.69, 9.17) is 23.2 Å². The Morgan fingerprint density at radius 1 is 0.404 bits per heavy atom. The molecule has 0 aromatic carbocycles. The molecule has 0 rings (SSSR count). The molecule has 0 aliphatic carbocycles. The number of hydrogen-bond acceptors (Lipinski definition) is 5. The van der Waals surface area contributed by atoms with Crippen molar-refractivity contribution in [3.8, 4) is 0 Å². The summed E-state index contributed by atoms with van der Waals surface area (Å²) in [5.74, 6) is 0. The Morgan fingerprint density at radius 2 is 0.574 bits per heavy atom. The summed E-state index contributed by atoms with van der Waals surface area (Å²) in [6.45, 7) is 4.62. The van der Waals surface area contributed by atoms with Crippen molar-refractivity contribution in [1.82, 2.24) is 0 Å². The van der Waals surface area contributed by atoms with Crippen LogP contribution in [0.15, 0.2) is 0 Å². The van der Waals surface area contributed by atoms with Gasteiger partial charge in [-0.25, -0.2) is 0 Å². The van der Waals surface area contributed by atoms with Gasteiger partial charge in [0.15, 0.2) is 0 Å². The smallest absolute Gasteiger partial charge is 0.563 e. The molecule has 47 heavy (non-hydrogen) atoms. The number of alkyl halides is 2. The Bertz CT molecular complexity index is 549. The van der Waals surface area contributed by atoms with Crippen LogP contribution in [0.1, 0.15) is 219 Å². The number of halogens is 2. The first-order valence-electron chi connectivity index (χ1n) is 19.8. The molecule has 0 spiro atoms. The van der Waals surface area contributed by atoms with Crippen LogP contribution in [-0.2, 0) is 13.4 Å². The van der Waals surface area contributed by atoms with E-state index in [-0.39, 0.29) is 26.5 Å². The van der Waals surface area contributed by atoms with Crippen LogP contribution in [0.4, 0.5) is 0 Å². The van der Waals surface area contributed by atoms with Gasteiger partial charge in [-0.1, -0.05) is 78.1 Å². The van der Waals surface area contributed by atoms with Crippen molar-refractivity contribution in [2.75, 3.05) is 5.34 Å². The molecule has 10 heteroatoms. The van der Waals surface area contributed by atoms with Gasteiger partial charge in [0.2, 0.25) is 0 Å². The van der Waals surface area contributed by atoms with E-state index < -0.39 is 16.5 Å². The van der Waals surface area contributed by atoms with Crippen LogP contribution in [-0.4, -0.2) is 26.5 Å². The monoisotopic (exact) mass is 852 g/mol. The third-order valence-electron chi connectivity index (χ3n) is 8.55. The summed E-state index contributed by atoms with van der Waals surface area (Å²) in [5.41, 5.74) is 0. The van der Waals surface area contributed by atoms with Crippen molar-refractivity contribution in [1.29, 1.82) is 0 Å². The van der Waals surface area contributed by atoms with Gasteiger partial charge < -0.3 is 9.79 Å². The average Bonchev–Trinajstić information content (AvgIpc) is 3.03. The minimum atomic E-state index is -3.24. The van der Waals surface area contributed by atoms with E-state index in [1.54, 1.807) is 21.7 Å². The Morgan fingerprint density at radius 3 is 0.723 bits per heavy atom. The summed E-state index contributed by atoms with van der Waals surface area (Å²) < 4.78 is 25.0. The van der Waals surface area contributed by atoms with Crippen molar-refractivity contribution in [2.45, 2.75) is 228 Å². The third kappa shape index (κ3) is 63.0. The van der Waals surface area contributed by atoms with E-state index >= 15 is 0 Å². The third-order valence-corrected chi connectivity index (χ3v) is 13.7. The fourth-order valence-electron chi connectivity index (χ4n) is 5.78. The molecular weight excluding hydrogens is 776 g/mol. The molecule has 0 fully saturated rings. The maximum atomic E-state index is 9.24. The molecule has 0 aliphatic rings. The summed E-state index contributed by atoms with van der Waals surface area (Å²) in [6, 6.07) is 0. The molecule has 0 heterocycles. The second kappa shape index (κ2) is 51.8. The Balaban J connectivity index is -0.00000167. The Kier molecular flexibility index (Phi) is 58.2. The summed E-state index contributed by atoms with van der Waals surface area (Å²) in [4.78, 5) is 18.5. The van der Waals surface area contributed by atoms with Gasteiger partial charge in [-0.15, -0.1) is 23.2 Å². The standard InChI is InChI=1S/2C18H37.CH2Cl2.O5P2.Sn/c2*1-3-5-7-9-11-13-15-17-18-16-14-12-10-8-6-4-2;2-1-3;1-6(2)5-7(3)4;/h2*1,3-18H2,2H3;1H2;;/q;;;;+2. The molecule has 0 aliphatic heterocycles. The second-order valence-corrected chi connectivity index (χ2v) is 19.6. The normalized spacial score (nSPS) is 11.3. The van der Waals surface area contributed by atoms with Crippen LogP contribution in [0.2, 0.25) is 8.87 Å². The molecule has 0 saturated carbocycles. The van der Waals surface area contributed by atoms with Crippen LogP contribution in [0.25, 0.3) is 0 Å². The first-order chi connectivity index (χ1) is 23.0. The van der Waals surface area contributed by atoms with Crippen LogP contribution < -0.4 is 9.79 Å². The molecule has 0 aromatic heterocycles. The van der Waals surface area contributed by atoms with E-state index in [1.807, 2.05) is 0 Å². The van der Waals surface area contributed by atoms with Gasteiger partial charge in [0.1, 0.15) is 4.31 Å². The van der Waals surface area contributed by atoms with Gasteiger partial charge in [-0.3, -0.25) is 0 Å². The zero-order valence-corrected chi connectivity index (χ0v) is 37.1. The molecule has 2 atom stereocenters. The van der Waals surface area contributed by atoms with Crippen LogP contribution >= 0.6 is 39.7 Å². The molecule has 0 aromatic rings. The van der Waals surface area contributed by atoms with Gasteiger partial charge in [-0.2, -0.15) is 0 Å². The van der Waals surface area contributed by atoms with Crippen LogP contribution in [0.5, 0.6) is 0 Å². The molecule has 0 radical (unpaired) electrons. The fraction of sp³-hybridized carbons (Fsp3) is 1.00. The van der Waals surface area contributed by atoms with Crippen molar-refractivity contribution in [3.63, 3.8) is 0 Å². The maximum absolute atomic E-state index is 9.24. The van der Waals surface area contributed by atoms with Crippen molar-refractivity contribution < 1.29 is 23.2 Å². The first-order valence-corrected chi connectivity index (χ1v) is 27.0. The van der Waals surface area contributed by atoms with Crippen molar-refractivity contribution in [2.24, 2.45) is 0 Å². The SMILES string of the molecule is CCCCCCCCCCCCCCCCC[CH2][Sn+2][CH2]CCCCCCCCCCCCCCCCC.ClCCl.O=[P+]([O-])O[P+](=O)[O-]. The van der Waals surface area contributed by atoms with E-state index in [9.17, 15) is 18.9 Å². The number of hydrogen-bond donors (Lipinski definition) is 0. The molecule has 0 amide bonds. The van der Waals surface area contributed by atoms with Crippen molar-refractivity contribution >= 4 is 60.9 Å². The summed E-state index contributed by atoms with van der Waals surface area (Å²) in [5, 5.41) is 0.194. The predicted molar refractivity (Wildman–Crippen MR) is 207 cm³/mol. The van der Waals surface area contributed by atoms with Gasteiger partial charge in [-0.05, 0) is 9.13 Å². The van der Waals surface area contributed by atoms with E-state index in [0.717, 1.165) is 0 Å². The molecule has 280 valence electrons. The van der Waals surface area contributed by atoms with Gasteiger partial charge in [0.05, 0.1) is 5.34 Å². The van der Waals surface area contributed by atoms with E-state index in [2.05, 4.69) is 18.2 Å². The van der Waals surface area contributed by atoms with Gasteiger partial charge in [0, 0.05) is 0 Å². The average molecular weight is 853 g/mol. The molecule has 0 bridgehead atoms. The zero-order chi connectivity index (χ0) is 35.3. The second-order valence-electron chi connectivity index (χ2n) is 13.0. The topological polar surface area (TPSA) is 89.5 Å².